The molecule has 6 heteroatoms. The van der Waals surface area contributed by atoms with Crippen LogP contribution in [0, 0.1) is 0 Å². The van der Waals surface area contributed by atoms with Crippen molar-refractivity contribution in [3.8, 4) is 5.69 Å². The van der Waals surface area contributed by atoms with Gasteiger partial charge in [-0.15, -0.1) is 0 Å². The molecule has 2 heterocycles. The van der Waals surface area contributed by atoms with E-state index in [4.69, 9.17) is 23.2 Å². The van der Waals surface area contributed by atoms with Crippen LogP contribution in [0.15, 0.2) is 24.7 Å². The Morgan fingerprint density at radius 1 is 1.33 bits per heavy atom. The average molecular weight is 243 g/mol. The van der Waals surface area contributed by atoms with Crippen LogP contribution in [0.25, 0.3) is 5.69 Å². The molecule has 78 valence electrons. The lowest BCUT2D eigenvalue weighted by Gasteiger charge is -1.99. The number of hydrogen-bond donors (Lipinski definition) is 1. The molecule has 0 radical (unpaired) electrons. The third kappa shape index (κ3) is 2.06. The van der Waals surface area contributed by atoms with Crippen LogP contribution < -0.4 is 5.32 Å². The Morgan fingerprint density at radius 3 is 2.73 bits per heavy atom. The third-order valence-electron chi connectivity index (χ3n) is 1.89. The zero-order valence-electron chi connectivity index (χ0n) is 7.91. The molecule has 15 heavy (non-hydrogen) atoms. The van der Waals surface area contributed by atoms with Crippen molar-refractivity contribution in [2.45, 2.75) is 0 Å². The van der Waals surface area contributed by atoms with Crippen LogP contribution in [0.2, 0.25) is 10.2 Å². The van der Waals surface area contributed by atoms with Gasteiger partial charge in [0.1, 0.15) is 0 Å². The molecule has 0 fully saturated rings. The standard InChI is InChI=1S/C9H8Cl2N4/c1-12-8-5-15(14-9(8)11)7-2-6(10)3-13-4-7/h2-5,12H,1H3. The van der Waals surface area contributed by atoms with Gasteiger partial charge in [0.25, 0.3) is 0 Å². The van der Waals surface area contributed by atoms with Gasteiger partial charge in [-0.3, -0.25) is 4.98 Å². The molecule has 1 N–H and O–H groups in total. The molecule has 0 aromatic carbocycles. The molecular weight excluding hydrogens is 235 g/mol. The van der Waals surface area contributed by atoms with Gasteiger partial charge in [0, 0.05) is 13.2 Å². The van der Waals surface area contributed by atoms with Crippen LogP contribution in [0.3, 0.4) is 0 Å². The Morgan fingerprint density at radius 2 is 2.13 bits per heavy atom. The maximum absolute atomic E-state index is 5.89. The summed E-state index contributed by atoms with van der Waals surface area (Å²) in [5, 5.41) is 8.02. The first-order valence-electron chi connectivity index (χ1n) is 4.24. The Labute approximate surface area is 96.8 Å². The van der Waals surface area contributed by atoms with Crippen LogP contribution in [-0.4, -0.2) is 21.8 Å². The van der Waals surface area contributed by atoms with E-state index in [0.717, 1.165) is 11.4 Å². The van der Waals surface area contributed by atoms with Crippen molar-refractivity contribution in [2.75, 3.05) is 12.4 Å². The quantitative estimate of drug-likeness (QED) is 0.881. The molecule has 0 saturated heterocycles. The third-order valence-corrected chi connectivity index (χ3v) is 2.38. The fourth-order valence-electron chi connectivity index (χ4n) is 1.18. The molecule has 2 rings (SSSR count). The molecular formula is C9H8Cl2N4. The highest BCUT2D eigenvalue weighted by molar-refractivity contribution is 6.32. The summed E-state index contributed by atoms with van der Waals surface area (Å²) >= 11 is 11.7. The zero-order chi connectivity index (χ0) is 10.8. The van der Waals surface area contributed by atoms with Gasteiger partial charge in [0.15, 0.2) is 5.15 Å². The summed E-state index contributed by atoms with van der Waals surface area (Å²) in [5.41, 5.74) is 1.53. The van der Waals surface area contributed by atoms with Crippen molar-refractivity contribution < 1.29 is 0 Å². The highest BCUT2D eigenvalue weighted by atomic mass is 35.5. The summed E-state index contributed by atoms with van der Waals surface area (Å²) in [7, 11) is 1.78. The first kappa shape index (κ1) is 10.3. The molecule has 0 amide bonds. The minimum atomic E-state index is 0.414. The molecule has 2 aromatic rings. The predicted octanol–water partition coefficient (Wildman–Crippen LogP) is 2.62. The fraction of sp³-hybridized carbons (Fsp3) is 0.111. The molecule has 0 aliphatic carbocycles. The van der Waals surface area contributed by atoms with Crippen molar-refractivity contribution in [1.29, 1.82) is 0 Å². The van der Waals surface area contributed by atoms with Gasteiger partial charge < -0.3 is 5.32 Å². The smallest absolute Gasteiger partial charge is 0.174 e. The fourth-order valence-corrected chi connectivity index (χ4v) is 1.57. The second-order valence-electron chi connectivity index (χ2n) is 2.89. The number of aromatic nitrogens is 3. The summed E-state index contributed by atoms with van der Waals surface area (Å²) in [6, 6.07) is 1.76. The van der Waals surface area contributed by atoms with Crippen molar-refractivity contribution in [3.63, 3.8) is 0 Å². The number of hydrogen-bond acceptors (Lipinski definition) is 3. The summed E-state index contributed by atoms with van der Waals surface area (Å²) < 4.78 is 1.62. The molecule has 0 saturated carbocycles. The maximum Gasteiger partial charge on any atom is 0.174 e. The van der Waals surface area contributed by atoms with Gasteiger partial charge in [-0.05, 0) is 6.07 Å². The van der Waals surface area contributed by atoms with Crippen molar-refractivity contribution in [2.24, 2.45) is 0 Å². The lowest BCUT2D eigenvalue weighted by molar-refractivity contribution is 0.874. The predicted molar refractivity (Wildman–Crippen MR) is 60.9 cm³/mol. The van der Waals surface area contributed by atoms with Gasteiger partial charge in [-0.1, -0.05) is 23.2 Å². The Bertz CT molecular complexity index is 481. The molecule has 0 aliphatic heterocycles. The molecule has 0 aliphatic rings. The van der Waals surface area contributed by atoms with Gasteiger partial charge >= 0.3 is 0 Å². The van der Waals surface area contributed by atoms with E-state index in [1.807, 2.05) is 0 Å². The minimum absolute atomic E-state index is 0.414. The Balaban J connectivity index is 2.45. The zero-order valence-corrected chi connectivity index (χ0v) is 9.42. The molecule has 0 atom stereocenters. The van der Waals surface area contributed by atoms with Crippen molar-refractivity contribution in [1.82, 2.24) is 14.8 Å². The van der Waals surface area contributed by atoms with Crippen LogP contribution in [0.5, 0.6) is 0 Å². The SMILES string of the molecule is CNc1cn(-c2cncc(Cl)c2)nc1Cl. The first-order chi connectivity index (χ1) is 7.20. The normalized spacial score (nSPS) is 10.3. The van der Waals surface area contributed by atoms with Gasteiger partial charge in [-0.25, -0.2) is 4.68 Å². The van der Waals surface area contributed by atoms with Gasteiger partial charge in [0.2, 0.25) is 0 Å². The van der Waals surface area contributed by atoms with Crippen LogP contribution in [0.1, 0.15) is 0 Å². The van der Waals surface area contributed by atoms with Crippen LogP contribution in [-0.2, 0) is 0 Å². The van der Waals surface area contributed by atoms with Gasteiger partial charge in [-0.2, -0.15) is 5.10 Å². The monoisotopic (exact) mass is 242 g/mol. The van der Waals surface area contributed by atoms with Crippen LogP contribution in [0.4, 0.5) is 5.69 Å². The molecule has 0 bridgehead atoms. The number of nitrogens with zero attached hydrogens (tertiary/aromatic N) is 3. The second kappa shape index (κ2) is 4.08. The van der Waals surface area contributed by atoms with E-state index >= 15 is 0 Å². The van der Waals surface area contributed by atoms with Gasteiger partial charge in [0.05, 0.1) is 28.8 Å². The lowest BCUT2D eigenvalue weighted by Crippen LogP contribution is -1.94. The van der Waals surface area contributed by atoms with E-state index in [0.29, 0.717) is 10.2 Å². The van der Waals surface area contributed by atoms with Crippen molar-refractivity contribution in [3.05, 3.63) is 34.8 Å². The van der Waals surface area contributed by atoms with E-state index in [9.17, 15) is 0 Å². The van der Waals surface area contributed by atoms with E-state index in [1.54, 1.807) is 36.4 Å². The average Bonchev–Trinajstić information content (AvgIpc) is 2.60. The van der Waals surface area contributed by atoms with E-state index in [1.165, 1.54) is 0 Å². The van der Waals surface area contributed by atoms with E-state index < -0.39 is 0 Å². The molecule has 2 aromatic heterocycles. The molecule has 0 spiro atoms. The highest BCUT2D eigenvalue weighted by Crippen LogP contribution is 2.21. The summed E-state index contributed by atoms with van der Waals surface area (Å²) in [5.74, 6) is 0. The number of anilines is 1. The second-order valence-corrected chi connectivity index (χ2v) is 3.68. The topological polar surface area (TPSA) is 42.7 Å². The summed E-state index contributed by atoms with van der Waals surface area (Å²) in [4.78, 5) is 3.97. The maximum atomic E-state index is 5.89. The minimum Gasteiger partial charge on any atom is -0.384 e. The lowest BCUT2D eigenvalue weighted by atomic mass is 10.4. The first-order valence-corrected chi connectivity index (χ1v) is 5.00. The van der Waals surface area contributed by atoms with E-state index in [-0.39, 0.29) is 0 Å². The summed E-state index contributed by atoms with van der Waals surface area (Å²) in [6.45, 7) is 0. The number of rotatable bonds is 2. The van der Waals surface area contributed by atoms with Crippen molar-refractivity contribution >= 4 is 28.9 Å². The number of nitrogens with one attached hydrogen (secondary N) is 1. The number of pyridine rings is 1. The largest absolute Gasteiger partial charge is 0.384 e. The Hall–Kier alpha value is -1.26. The van der Waals surface area contributed by atoms with Crippen LogP contribution >= 0.6 is 23.2 Å². The Kier molecular flexibility index (Phi) is 2.79. The summed E-state index contributed by atoms with van der Waals surface area (Å²) in [6.07, 6.45) is 5.00. The molecule has 0 unspecified atom stereocenters. The van der Waals surface area contributed by atoms with E-state index in [2.05, 4.69) is 15.4 Å². The number of halogens is 2. The molecule has 4 nitrogen and oxygen atoms in total. The highest BCUT2D eigenvalue weighted by Gasteiger charge is 2.06.